The van der Waals surface area contributed by atoms with Crippen LogP contribution in [0.5, 0.6) is 0 Å². The molecule has 0 aliphatic heterocycles. The molecule has 1 heterocycles. The van der Waals surface area contributed by atoms with E-state index >= 15 is 0 Å². The zero-order valence-electron chi connectivity index (χ0n) is 12.4. The lowest BCUT2D eigenvalue weighted by Crippen LogP contribution is -2.34. The molecule has 3 nitrogen and oxygen atoms in total. The van der Waals surface area contributed by atoms with Crippen LogP contribution in [0.25, 0.3) is 0 Å². The van der Waals surface area contributed by atoms with Gasteiger partial charge in [0.25, 0.3) is 0 Å². The molecule has 5 heteroatoms. The second kappa shape index (κ2) is 7.31. The van der Waals surface area contributed by atoms with Gasteiger partial charge in [-0.15, -0.1) is 0 Å². The summed E-state index contributed by atoms with van der Waals surface area (Å²) in [6.45, 7) is 2.89. The molecule has 0 bridgehead atoms. The summed E-state index contributed by atoms with van der Waals surface area (Å²) >= 11 is 0. The van der Waals surface area contributed by atoms with Crippen LogP contribution in [0.2, 0.25) is 0 Å². The Balaban J connectivity index is 2.12. The van der Waals surface area contributed by atoms with E-state index < -0.39 is 11.6 Å². The van der Waals surface area contributed by atoms with E-state index in [1.165, 1.54) is 18.2 Å². The van der Waals surface area contributed by atoms with Crippen LogP contribution in [0, 0.1) is 11.6 Å². The van der Waals surface area contributed by atoms with Gasteiger partial charge in [0.2, 0.25) is 0 Å². The van der Waals surface area contributed by atoms with E-state index in [9.17, 15) is 8.78 Å². The summed E-state index contributed by atoms with van der Waals surface area (Å²) < 4.78 is 29.3. The third-order valence-electron chi connectivity index (χ3n) is 3.44. The number of aryl methyl sites for hydroxylation is 1. The molecule has 1 aromatic carbocycles. The largest absolute Gasteiger partial charge is 0.313 e. The van der Waals surface area contributed by atoms with Crippen LogP contribution in [0.1, 0.15) is 24.5 Å². The maximum absolute atomic E-state index is 13.8. The molecule has 1 aromatic heterocycles. The SMILES string of the molecule is CCCNC(Cc1cnn(C)c1)Cc1c(F)cccc1F. The van der Waals surface area contributed by atoms with Gasteiger partial charge in [0.05, 0.1) is 6.20 Å². The Hall–Kier alpha value is -1.75. The minimum Gasteiger partial charge on any atom is -0.313 e. The maximum Gasteiger partial charge on any atom is 0.129 e. The first-order valence-electron chi connectivity index (χ1n) is 7.24. The fourth-order valence-corrected chi connectivity index (χ4v) is 2.40. The van der Waals surface area contributed by atoms with Gasteiger partial charge in [0, 0.05) is 24.8 Å². The minimum absolute atomic E-state index is 0.0134. The molecule has 0 saturated carbocycles. The van der Waals surface area contributed by atoms with E-state index in [4.69, 9.17) is 0 Å². The van der Waals surface area contributed by atoms with Gasteiger partial charge in [0.15, 0.2) is 0 Å². The predicted molar refractivity (Wildman–Crippen MR) is 79.1 cm³/mol. The Morgan fingerprint density at radius 3 is 2.52 bits per heavy atom. The first-order chi connectivity index (χ1) is 10.1. The lowest BCUT2D eigenvalue weighted by Gasteiger charge is -2.18. The Labute approximate surface area is 124 Å². The summed E-state index contributed by atoms with van der Waals surface area (Å²) in [7, 11) is 1.86. The normalized spacial score (nSPS) is 12.6. The van der Waals surface area contributed by atoms with Crippen LogP contribution in [-0.4, -0.2) is 22.4 Å². The van der Waals surface area contributed by atoms with Crippen molar-refractivity contribution in [3.8, 4) is 0 Å². The highest BCUT2D eigenvalue weighted by Crippen LogP contribution is 2.16. The van der Waals surface area contributed by atoms with Gasteiger partial charge in [-0.05, 0) is 43.5 Å². The second-order valence-corrected chi connectivity index (χ2v) is 5.28. The number of hydrogen-bond acceptors (Lipinski definition) is 2. The number of nitrogens with one attached hydrogen (secondary N) is 1. The van der Waals surface area contributed by atoms with Crippen molar-refractivity contribution in [2.24, 2.45) is 7.05 Å². The van der Waals surface area contributed by atoms with Crippen LogP contribution in [0.4, 0.5) is 8.78 Å². The maximum atomic E-state index is 13.8. The molecule has 0 radical (unpaired) electrons. The van der Waals surface area contributed by atoms with E-state index in [-0.39, 0.29) is 11.6 Å². The zero-order chi connectivity index (χ0) is 15.2. The number of aromatic nitrogens is 2. The molecular weight excluding hydrogens is 272 g/mol. The highest BCUT2D eigenvalue weighted by molar-refractivity contribution is 5.21. The van der Waals surface area contributed by atoms with Gasteiger partial charge >= 0.3 is 0 Å². The molecule has 0 saturated heterocycles. The Kier molecular flexibility index (Phi) is 5.44. The van der Waals surface area contributed by atoms with Crippen molar-refractivity contribution in [3.63, 3.8) is 0 Å². The molecule has 1 unspecified atom stereocenters. The van der Waals surface area contributed by atoms with Gasteiger partial charge in [-0.2, -0.15) is 5.10 Å². The summed E-state index contributed by atoms with van der Waals surface area (Å²) in [5.74, 6) is -0.964. The molecule has 2 rings (SSSR count). The molecule has 21 heavy (non-hydrogen) atoms. The smallest absolute Gasteiger partial charge is 0.129 e. The Morgan fingerprint density at radius 2 is 1.95 bits per heavy atom. The van der Waals surface area contributed by atoms with Crippen LogP contribution >= 0.6 is 0 Å². The number of hydrogen-bond donors (Lipinski definition) is 1. The number of rotatable bonds is 7. The van der Waals surface area contributed by atoms with E-state index in [0.29, 0.717) is 12.8 Å². The van der Waals surface area contributed by atoms with Crippen molar-refractivity contribution in [1.82, 2.24) is 15.1 Å². The van der Waals surface area contributed by atoms with Gasteiger partial charge < -0.3 is 5.32 Å². The standard InChI is InChI=1S/C16H21F2N3/c1-3-7-19-13(8-12-10-20-21(2)11-12)9-14-15(17)5-4-6-16(14)18/h4-6,10-11,13,19H,3,7-9H2,1-2H3. The highest BCUT2D eigenvalue weighted by Gasteiger charge is 2.16. The summed E-state index contributed by atoms with van der Waals surface area (Å²) in [4.78, 5) is 0. The lowest BCUT2D eigenvalue weighted by atomic mass is 9.99. The van der Waals surface area contributed by atoms with Gasteiger partial charge in [-0.1, -0.05) is 13.0 Å². The monoisotopic (exact) mass is 293 g/mol. The van der Waals surface area contributed by atoms with Gasteiger partial charge in [0.1, 0.15) is 11.6 Å². The first kappa shape index (κ1) is 15.6. The summed E-state index contributed by atoms with van der Waals surface area (Å²) in [5.41, 5.74) is 1.21. The molecule has 0 spiro atoms. The van der Waals surface area contributed by atoms with Crippen LogP contribution in [0.3, 0.4) is 0 Å². The van der Waals surface area contributed by atoms with E-state index in [1.54, 1.807) is 10.9 Å². The topological polar surface area (TPSA) is 29.9 Å². The van der Waals surface area contributed by atoms with E-state index in [1.807, 2.05) is 13.2 Å². The first-order valence-corrected chi connectivity index (χ1v) is 7.24. The predicted octanol–water partition coefficient (Wildman–Crippen LogP) is 2.85. The molecule has 2 aromatic rings. The summed E-state index contributed by atoms with van der Waals surface area (Å²) in [6, 6.07) is 3.99. The third-order valence-corrected chi connectivity index (χ3v) is 3.44. The van der Waals surface area contributed by atoms with Gasteiger partial charge in [-0.3, -0.25) is 4.68 Å². The number of benzene rings is 1. The van der Waals surface area contributed by atoms with Crippen molar-refractivity contribution >= 4 is 0 Å². The van der Waals surface area contributed by atoms with Crippen LogP contribution in [0.15, 0.2) is 30.6 Å². The zero-order valence-corrected chi connectivity index (χ0v) is 12.4. The molecule has 0 amide bonds. The highest BCUT2D eigenvalue weighted by atomic mass is 19.1. The van der Waals surface area contributed by atoms with Crippen molar-refractivity contribution in [2.45, 2.75) is 32.2 Å². The van der Waals surface area contributed by atoms with Crippen molar-refractivity contribution < 1.29 is 8.78 Å². The van der Waals surface area contributed by atoms with E-state index in [0.717, 1.165) is 18.5 Å². The lowest BCUT2D eigenvalue weighted by molar-refractivity contribution is 0.474. The van der Waals surface area contributed by atoms with Gasteiger partial charge in [-0.25, -0.2) is 8.78 Å². The van der Waals surface area contributed by atoms with E-state index in [2.05, 4.69) is 17.3 Å². The average molecular weight is 293 g/mol. The number of nitrogens with zero attached hydrogens (tertiary/aromatic N) is 2. The Bertz CT molecular complexity index is 560. The van der Waals surface area contributed by atoms with Crippen molar-refractivity contribution in [1.29, 1.82) is 0 Å². The van der Waals surface area contributed by atoms with Crippen molar-refractivity contribution in [3.05, 3.63) is 53.4 Å². The molecule has 0 fully saturated rings. The second-order valence-electron chi connectivity index (χ2n) is 5.28. The number of halogens is 2. The molecule has 1 atom stereocenters. The molecule has 1 N–H and O–H groups in total. The Morgan fingerprint density at radius 1 is 1.24 bits per heavy atom. The summed E-state index contributed by atoms with van der Waals surface area (Å²) in [6.07, 6.45) is 5.72. The third kappa shape index (κ3) is 4.36. The molecular formula is C16H21F2N3. The average Bonchev–Trinajstić information content (AvgIpc) is 2.85. The minimum atomic E-state index is -0.482. The van der Waals surface area contributed by atoms with Crippen molar-refractivity contribution in [2.75, 3.05) is 6.54 Å². The fraction of sp³-hybridized carbons (Fsp3) is 0.438. The van der Waals surface area contributed by atoms with Crippen LogP contribution < -0.4 is 5.32 Å². The summed E-state index contributed by atoms with van der Waals surface area (Å²) in [5, 5.41) is 7.49. The molecule has 0 aliphatic carbocycles. The quantitative estimate of drug-likeness (QED) is 0.850. The molecule has 114 valence electrons. The molecule has 0 aliphatic rings. The fourth-order valence-electron chi connectivity index (χ4n) is 2.40. The van der Waals surface area contributed by atoms with Crippen LogP contribution in [-0.2, 0) is 19.9 Å².